The number of rotatable bonds is 2. The smallest absolute Gasteiger partial charge is 0.296 e. The van der Waals surface area contributed by atoms with Crippen LogP contribution in [0, 0.1) is 12.8 Å². The molecule has 0 N–H and O–H groups in total. The van der Waals surface area contributed by atoms with E-state index < -0.39 is 6.04 Å². The molecular weight excluding hydrogens is 431 g/mol. The molecule has 3 heterocycles. The predicted octanol–water partition coefficient (Wildman–Crippen LogP) is 4.82. The number of thiazole rings is 1. The average Bonchev–Trinajstić information content (AvgIpc) is 3.24. The number of alkyl halides is 1. The number of hydrogen-bond donors (Lipinski definition) is 0. The van der Waals surface area contributed by atoms with Crippen LogP contribution in [0.25, 0.3) is 0 Å². The van der Waals surface area contributed by atoms with Crippen LogP contribution < -0.4 is 4.90 Å². The minimum absolute atomic E-state index is 0.0456. The van der Waals surface area contributed by atoms with E-state index in [1.165, 1.54) is 11.3 Å². The molecule has 8 heteroatoms. The normalized spacial score (nSPS) is 29.0. The number of benzene rings is 1. The van der Waals surface area contributed by atoms with Gasteiger partial charge in [-0.2, -0.15) is 0 Å². The maximum Gasteiger partial charge on any atom is 0.296 e. The lowest BCUT2D eigenvalue weighted by Gasteiger charge is -2.37. The number of carbonyl (C=O) groups is 2. The quantitative estimate of drug-likeness (QED) is 0.617. The number of amides is 1. The van der Waals surface area contributed by atoms with Gasteiger partial charge in [0.2, 0.25) is 0 Å². The lowest BCUT2D eigenvalue weighted by Crippen LogP contribution is -2.41. The van der Waals surface area contributed by atoms with Gasteiger partial charge >= 0.3 is 0 Å². The molecule has 0 spiro atoms. The van der Waals surface area contributed by atoms with Crippen molar-refractivity contribution in [2.24, 2.45) is 5.92 Å². The molecule has 5 nitrogen and oxygen atoms in total. The largest absolute Gasteiger partial charge is 0.483 e. The average molecular weight is 449 g/mol. The molecule has 0 saturated heterocycles. The van der Waals surface area contributed by atoms with Crippen molar-refractivity contribution in [1.29, 1.82) is 0 Å². The Hall–Kier alpha value is -1.89. The van der Waals surface area contributed by atoms with Crippen LogP contribution in [0.5, 0.6) is 0 Å². The zero-order chi connectivity index (χ0) is 20.3. The molecule has 1 aromatic carbocycles. The molecule has 150 valence electrons. The lowest BCUT2D eigenvalue weighted by molar-refractivity contribution is -0.131. The van der Waals surface area contributed by atoms with Gasteiger partial charge in [-0.25, -0.2) is 4.98 Å². The van der Waals surface area contributed by atoms with Gasteiger partial charge in [0.15, 0.2) is 16.7 Å². The van der Waals surface area contributed by atoms with Gasteiger partial charge in [0.25, 0.3) is 5.91 Å². The van der Waals surface area contributed by atoms with E-state index in [2.05, 4.69) is 4.98 Å². The molecular formula is C21H18Cl2N2O3S. The molecule has 5 rings (SSSR count). The van der Waals surface area contributed by atoms with Crippen LogP contribution in [0.3, 0.4) is 0 Å². The van der Waals surface area contributed by atoms with Crippen LogP contribution in [0.2, 0.25) is 5.02 Å². The van der Waals surface area contributed by atoms with Crippen molar-refractivity contribution >= 4 is 51.4 Å². The molecule has 0 radical (unpaired) electrons. The van der Waals surface area contributed by atoms with E-state index in [4.69, 9.17) is 27.9 Å². The maximum atomic E-state index is 13.6. The first-order valence-corrected chi connectivity index (χ1v) is 11.2. The Morgan fingerprint density at radius 1 is 1.28 bits per heavy atom. The summed E-state index contributed by atoms with van der Waals surface area (Å²) < 4.78 is 6.14. The van der Waals surface area contributed by atoms with Crippen LogP contribution >= 0.6 is 34.5 Å². The van der Waals surface area contributed by atoms with Crippen LogP contribution in [0.15, 0.2) is 41.0 Å². The summed E-state index contributed by atoms with van der Waals surface area (Å²) in [5.74, 6) is -0.533. The van der Waals surface area contributed by atoms with E-state index in [-0.39, 0.29) is 34.8 Å². The standard InChI is InChI=1S/C21H18Cl2N2O3S/c1-10-9-29-21(24-10)25-17(11-3-2-4-12(22)7-11)16-18(26)14-8-13(23)5-6-15(14)28-19(16)20(25)27/h2-4,7,9,13-15,17H,5-6,8H2,1H3. The fourth-order valence-corrected chi connectivity index (χ4v) is 5.80. The molecule has 3 aliphatic rings. The molecule has 1 aliphatic carbocycles. The second kappa shape index (κ2) is 7.11. The van der Waals surface area contributed by atoms with Crippen molar-refractivity contribution in [3.8, 4) is 0 Å². The van der Waals surface area contributed by atoms with Crippen LogP contribution in [-0.2, 0) is 14.3 Å². The molecule has 1 aromatic heterocycles. The van der Waals surface area contributed by atoms with E-state index in [1.54, 1.807) is 17.0 Å². The summed E-state index contributed by atoms with van der Waals surface area (Å²) in [5.41, 5.74) is 1.98. The van der Waals surface area contributed by atoms with Gasteiger partial charge in [0.1, 0.15) is 6.10 Å². The molecule has 1 fully saturated rings. The summed E-state index contributed by atoms with van der Waals surface area (Å²) in [6, 6.07) is 6.64. The van der Waals surface area contributed by atoms with E-state index in [0.717, 1.165) is 17.7 Å². The van der Waals surface area contributed by atoms with Gasteiger partial charge in [0.05, 0.1) is 23.2 Å². The van der Waals surface area contributed by atoms with E-state index >= 15 is 0 Å². The van der Waals surface area contributed by atoms with Crippen molar-refractivity contribution in [1.82, 2.24) is 4.98 Å². The molecule has 0 bridgehead atoms. The first-order valence-electron chi connectivity index (χ1n) is 9.54. The fourth-order valence-electron chi connectivity index (χ4n) is 4.46. The number of nitrogens with zero attached hydrogens (tertiary/aromatic N) is 2. The van der Waals surface area contributed by atoms with Crippen molar-refractivity contribution in [3.63, 3.8) is 0 Å². The van der Waals surface area contributed by atoms with Gasteiger partial charge in [-0.05, 0) is 43.9 Å². The fraction of sp³-hybridized carbons (Fsp3) is 0.381. The highest BCUT2D eigenvalue weighted by atomic mass is 35.5. The lowest BCUT2D eigenvalue weighted by atomic mass is 9.77. The Morgan fingerprint density at radius 3 is 2.83 bits per heavy atom. The number of Topliss-reactive ketones (excluding diaryl/α,β-unsaturated/α-hetero) is 1. The number of ketones is 1. The minimum Gasteiger partial charge on any atom is -0.483 e. The van der Waals surface area contributed by atoms with Crippen molar-refractivity contribution in [3.05, 3.63) is 57.3 Å². The molecule has 4 unspecified atom stereocenters. The first-order chi connectivity index (χ1) is 13.9. The molecule has 4 atom stereocenters. The molecule has 2 aromatic rings. The van der Waals surface area contributed by atoms with Gasteiger partial charge < -0.3 is 4.74 Å². The van der Waals surface area contributed by atoms with Gasteiger partial charge in [-0.15, -0.1) is 22.9 Å². The third-order valence-corrected chi connectivity index (χ3v) is 7.35. The number of aryl methyl sites for hydroxylation is 1. The third-order valence-electron chi connectivity index (χ3n) is 5.76. The summed E-state index contributed by atoms with van der Waals surface area (Å²) in [6.07, 6.45) is 1.72. The number of ether oxygens (including phenoxy) is 1. The monoisotopic (exact) mass is 448 g/mol. The predicted molar refractivity (Wildman–Crippen MR) is 112 cm³/mol. The van der Waals surface area contributed by atoms with Crippen molar-refractivity contribution in [2.45, 2.75) is 43.7 Å². The highest BCUT2D eigenvalue weighted by Crippen LogP contribution is 2.49. The minimum atomic E-state index is -0.606. The third kappa shape index (κ3) is 3.09. The van der Waals surface area contributed by atoms with Crippen LogP contribution in [0.1, 0.15) is 36.6 Å². The summed E-state index contributed by atoms with van der Waals surface area (Å²) in [5, 5.41) is 2.92. The van der Waals surface area contributed by atoms with Gasteiger partial charge in [0, 0.05) is 15.8 Å². The number of halogens is 2. The second-order valence-corrected chi connectivity index (χ2v) is 9.57. The summed E-state index contributed by atoms with van der Waals surface area (Å²) >= 11 is 14.0. The summed E-state index contributed by atoms with van der Waals surface area (Å²) in [6.45, 7) is 1.87. The Labute approximate surface area is 182 Å². The number of anilines is 1. The van der Waals surface area contributed by atoms with E-state index in [9.17, 15) is 9.59 Å². The number of fused-ring (bicyclic) bond motifs is 1. The molecule has 29 heavy (non-hydrogen) atoms. The first kappa shape index (κ1) is 19.1. The number of hydrogen-bond acceptors (Lipinski definition) is 5. The van der Waals surface area contributed by atoms with Crippen LogP contribution in [-0.4, -0.2) is 28.2 Å². The SMILES string of the molecule is Cc1csc(N2C(=O)C3=C(C(=O)C4CC(Cl)CCC4O3)C2c2cccc(Cl)c2)n1. The Morgan fingerprint density at radius 2 is 2.10 bits per heavy atom. The molecule has 2 aliphatic heterocycles. The number of carbonyl (C=O) groups excluding carboxylic acids is 2. The highest BCUT2D eigenvalue weighted by molar-refractivity contribution is 7.14. The van der Waals surface area contributed by atoms with Gasteiger partial charge in [-0.1, -0.05) is 23.7 Å². The van der Waals surface area contributed by atoms with Gasteiger partial charge in [-0.3, -0.25) is 14.5 Å². The topological polar surface area (TPSA) is 59.5 Å². The zero-order valence-corrected chi connectivity index (χ0v) is 17.9. The Kier molecular flexibility index (Phi) is 4.68. The Bertz CT molecular complexity index is 1050. The molecule has 1 saturated carbocycles. The van der Waals surface area contributed by atoms with E-state index in [0.29, 0.717) is 28.6 Å². The van der Waals surface area contributed by atoms with E-state index in [1.807, 2.05) is 24.4 Å². The Balaban J connectivity index is 1.65. The maximum absolute atomic E-state index is 13.6. The van der Waals surface area contributed by atoms with Crippen molar-refractivity contribution in [2.75, 3.05) is 4.90 Å². The van der Waals surface area contributed by atoms with Crippen LogP contribution in [0.4, 0.5) is 5.13 Å². The zero-order valence-electron chi connectivity index (χ0n) is 15.6. The summed E-state index contributed by atoms with van der Waals surface area (Å²) in [7, 11) is 0. The summed E-state index contributed by atoms with van der Waals surface area (Å²) in [4.78, 5) is 33.0. The number of aromatic nitrogens is 1. The molecule has 1 amide bonds. The highest BCUT2D eigenvalue weighted by Gasteiger charge is 2.53. The second-order valence-electron chi connectivity index (χ2n) is 7.68. The van der Waals surface area contributed by atoms with Crippen molar-refractivity contribution < 1.29 is 14.3 Å².